The third-order valence-corrected chi connectivity index (χ3v) is 4.07. The summed E-state index contributed by atoms with van der Waals surface area (Å²) < 4.78 is 0. The molecule has 96 valence electrons. The summed E-state index contributed by atoms with van der Waals surface area (Å²) in [5, 5.41) is 10.9. The van der Waals surface area contributed by atoms with Gasteiger partial charge < -0.3 is 0 Å². The summed E-state index contributed by atoms with van der Waals surface area (Å²) in [6, 6.07) is 8.25. The van der Waals surface area contributed by atoms with Crippen LogP contribution < -0.4 is 0 Å². The van der Waals surface area contributed by atoms with Crippen molar-refractivity contribution in [1.29, 1.82) is 0 Å². The molecule has 18 heavy (non-hydrogen) atoms. The van der Waals surface area contributed by atoms with Crippen molar-refractivity contribution in [2.24, 2.45) is 5.41 Å². The SMILES string of the molecule is Cc1nnc(CC(Cl)C(C)(C)C)c2ccccc12. The molecule has 0 aliphatic rings. The van der Waals surface area contributed by atoms with Gasteiger partial charge >= 0.3 is 0 Å². The Labute approximate surface area is 113 Å². The summed E-state index contributed by atoms with van der Waals surface area (Å²) in [6.45, 7) is 8.43. The van der Waals surface area contributed by atoms with E-state index in [1.165, 1.54) is 10.8 Å². The van der Waals surface area contributed by atoms with Crippen LogP contribution in [0.1, 0.15) is 32.2 Å². The Kier molecular flexibility index (Phi) is 3.58. The first-order valence-corrected chi connectivity index (χ1v) is 6.68. The van der Waals surface area contributed by atoms with Crippen molar-refractivity contribution < 1.29 is 0 Å². The molecule has 0 saturated heterocycles. The number of nitrogens with zero attached hydrogens (tertiary/aromatic N) is 2. The van der Waals surface area contributed by atoms with Crippen LogP contribution in [0.15, 0.2) is 24.3 Å². The first-order valence-electron chi connectivity index (χ1n) is 6.24. The molecule has 1 heterocycles. The lowest BCUT2D eigenvalue weighted by atomic mass is 9.88. The highest BCUT2D eigenvalue weighted by Crippen LogP contribution is 2.29. The van der Waals surface area contributed by atoms with Gasteiger partial charge in [-0.15, -0.1) is 11.6 Å². The summed E-state index contributed by atoms with van der Waals surface area (Å²) in [5.41, 5.74) is 2.03. The molecule has 0 bridgehead atoms. The Balaban J connectivity index is 2.44. The van der Waals surface area contributed by atoms with E-state index in [4.69, 9.17) is 11.6 Å². The maximum atomic E-state index is 6.46. The molecule has 0 amide bonds. The van der Waals surface area contributed by atoms with Gasteiger partial charge in [0.15, 0.2) is 0 Å². The fourth-order valence-electron chi connectivity index (χ4n) is 1.92. The van der Waals surface area contributed by atoms with E-state index >= 15 is 0 Å². The van der Waals surface area contributed by atoms with Gasteiger partial charge in [-0.05, 0) is 12.3 Å². The normalized spacial score (nSPS) is 13.8. The molecule has 2 aromatic rings. The smallest absolute Gasteiger partial charge is 0.0724 e. The summed E-state index contributed by atoms with van der Waals surface area (Å²) in [4.78, 5) is 0. The first-order chi connectivity index (χ1) is 8.39. The van der Waals surface area contributed by atoms with Crippen LogP contribution in [-0.4, -0.2) is 15.6 Å². The van der Waals surface area contributed by atoms with Crippen LogP contribution in [0.5, 0.6) is 0 Å². The van der Waals surface area contributed by atoms with E-state index in [1.54, 1.807) is 0 Å². The molecule has 0 aliphatic carbocycles. The number of fused-ring (bicyclic) bond motifs is 1. The van der Waals surface area contributed by atoms with Gasteiger partial charge in [0.2, 0.25) is 0 Å². The van der Waals surface area contributed by atoms with E-state index in [0.717, 1.165) is 17.8 Å². The molecule has 1 aromatic carbocycles. The second kappa shape index (κ2) is 4.85. The van der Waals surface area contributed by atoms with Crippen molar-refractivity contribution in [2.75, 3.05) is 0 Å². The summed E-state index contributed by atoms with van der Waals surface area (Å²) in [5.74, 6) is 0. The minimum atomic E-state index is 0.0536. The topological polar surface area (TPSA) is 25.8 Å². The quantitative estimate of drug-likeness (QED) is 0.761. The predicted molar refractivity (Wildman–Crippen MR) is 77.1 cm³/mol. The van der Waals surface area contributed by atoms with Crippen LogP contribution in [0, 0.1) is 12.3 Å². The van der Waals surface area contributed by atoms with Crippen LogP contribution in [0.3, 0.4) is 0 Å². The van der Waals surface area contributed by atoms with Gasteiger partial charge in [-0.25, -0.2) is 0 Å². The van der Waals surface area contributed by atoms with Gasteiger partial charge in [0, 0.05) is 22.6 Å². The van der Waals surface area contributed by atoms with Gasteiger partial charge in [-0.1, -0.05) is 45.0 Å². The molecule has 0 aliphatic heterocycles. The number of aromatic nitrogens is 2. The number of halogens is 1. The zero-order chi connectivity index (χ0) is 13.3. The Hall–Kier alpha value is -1.15. The number of alkyl halides is 1. The van der Waals surface area contributed by atoms with E-state index in [-0.39, 0.29) is 10.8 Å². The molecule has 1 unspecified atom stereocenters. The molecular formula is C15H19ClN2. The van der Waals surface area contributed by atoms with Crippen LogP contribution in [-0.2, 0) is 6.42 Å². The van der Waals surface area contributed by atoms with Crippen molar-refractivity contribution in [3.63, 3.8) is 0 Å². The maximum Gasteiger partial charge on any atom is 0.0724 e. The number of hydrogen-bond donors (Lipinski definition) is 0. The van der Waals surface area contributed by atoms with E-state index in [0.29, 0.717) is 0 Å². The second-order valence-electron chi connectivity index (χ2n) is 5.82. The highest BCUT2D eigenvalue weighted by molar-refractivity contribution is 6.21. The van der Waals surface area contributed by atoms with Crippen molar-refractivity contribution in [2.45, 2.75) is 39.5 Å². The Morgan fingerprint density at radius 1 is 1.11 bits per heavy atom. The van der Waals surface area contributed by atoms with Gasteiger partial charge in [-0.2, -0.15) is 10.2 Å². The molecule has 2 rings (SSSR count). The highest BCUT2D eigenvalue weighted by atomic mass is 35.5. The van der Waals surface area contributed by atoms with E-state index in [1.807, 2.05) is 19.1 Å². The Morgan fingerprint density at radius 3 is 2.33 bits per heavy atom. The third kappa shape index (κ3) is 2.64. The molecule has 0 spiro atoms. The average Bonchev–Trinajstić information content (AvgIpc) is 2.32. The van der Waals surface area contributed by atoms with Crippen LogP contribution in [0.4, 0.5) is 0 Å². The van der Waals surface area contributed by atoms with Gasteiger partial charge in [0.05, 0.1) is 11.4 Å². The van der Waals surface area contributed by atoms with E-state index in [2.05, 4.69) is 43.1 Å². The molecular weight excluding hydrogens is 244 g/mol. The second-order valence-corrected chi connectivity index (χ2v) is 6.34. The minimum Gasteiger partial charge on any atom is -0.155 e. The van der Waals surface area contributed by atoms with Crippen molar-refractivity contribution >= 4 is 22.4 Å². The largest absolute Gasteiger partial charge is 0.155 e. The predicted octanol–water partition coefficient (Wildman–Crippen LogP) is 4.13. The zero-order valence-electron chi connectivity index (χ0n) is 11.4. The molecule has 2 nitrogen and oxygen atoms in total. The summed E-state index contributed by atoms with van der Waals surface area (Å²) in [6.07, 6.45) is 0.749. The zero-order valence-corrected chi connectivity index (χ0v) is 12.1. The van der Waals surface area contributed by atoms with Crippen LogP contribution in [0.25, 0.3) is 10.8 Å². The first kappa shape index (κ1) is 13.3. The van der Waals surface area contributed by atoms with Crippen LogP contribution >= 0.6 is 11.6 Å². The standard InChI is InChI=1S/C15H19ClN2/c1-10-11-7-5-6-8-12(11)13(18-17-10)9-14(16)15(2,3)4/h5-8,14H,9H2,1-4H3. The molecule has 0 fully saturated rings. The fraction of sp³-hybridized carbons (Fsp3) is 0.467. The number of hydrogen-bond acceptors (Lipinski definition) is 2. The van der Waals surface area contributed by atoms with Crippen molar-refractivity contribution in [1.82, 2.24) is 10.2 Å². The van der Waals surface area contributed by atoms with Crippen molar-refractivity contribution in [3.05, 3.63) is 35.7 Å². The third-order valence-electron chi connectivity index (χ3n) is 3.26. The number of rotatable bonds is 2. The highest BCUT2D eigenvalue weighted by Gasteiger charge is 2.24. The minimum absolute atomic E-state index is 0.0536. The molecule has 3 heteroatoms. The Bertz CT molecular complexity index is 558. The number of aryl methyl sites for hydroxylation is 1. The summed E-state index contributed by atoms with van der Waals surface area (Å²) in [7, 11) is 0. The van der Waals surface area contributed by atoms with Crippen LogP contribution in [0.2, 0.25) is 0 Å². The van der Waals surface area contributed by atoms with Gasteiger partial charge in [0.25, 0.3) is 0 Å². The maximum absolute atomic E-state index is 6.46. The fourth-order valence-corrected chi connectivity index (χ4v) is 2.07. The average molecular weight is 263 g/mol. The van der Waals surface area contributed by atoms with E-state index in [9.17, 15) is 0 Å². The molecule has 1 atom stereocenters. The molecule has 0 saturated carbocycles. The lowest BCUT2D eigenvalue weighted by Crippen LogP contribution is -2.23. The monoisotopic (exact) mass is 262 g/mol. The summed E-state index contributed by atoms with van der Waals surface area (Å²) >= 11 is 6.46. The molecule has 0 N–H and O–H groups in total. The lowest BCUT2D eigenvalue weighted by Gasteiger charge is -2.25. The molecule has 1 aromatic heterocycles. The number of benzene rings is 1. The Morgan fingerprint density at radius 2 is 1.72 bits per heavy atom. The molecule has 0 radical (unpaired) electrons. The van der Waals surface area contributed by atoms with E-state index < -0.39 is 0 Å². The van der Waals surface area contributed by atoms with Gasteiger partial charge in [0.1, 0.15) is 0 Å². The van der Waals surface area contributed by atoms with Crippen molar-refractivity contribution in [3.8, 4) is 0 Å². The van der Waals surface area contributed by atoms with Gasteiger partial charge in [-0.3, -0.25) is 0 Å². The lowest BCUT2D eigenvalue weighted by molar-refractivity contribution is 0.384.